The van der Waals surface area contributed by atoms with E-state index in [0.717, 1.165) is 11.8 Å². The summed E-state index contributed by atoms with van der Waals surface area (Å²) < 4.78 is 26.2. The maximum absolute atomic E-state index is 12.5. The number of benzene rings is 1. The fourth-order valence-electron chi connectivity index (χ4n) is 3.14. The molecule has 0 unspecified atom stereocenters. The quantitative estimate of drug-likeness (QED) is 0.487. The molecule has 11 nitrogen and oxygen atoms in total. The third-order valence-electron chi connectivity index (χ3n) is 4.88. The summed E-state index contributed by atoms with van der Waals surface area (Å²) in [6.45, 7) is 1.25. The number of carbonyl (C=O) groups excluding carboxylic acids is 1. The molecule has 0 saturated carbocycles. The van der Waals surface area contributed by atoms with Crippen LogP contribution in [0.5, 0.6) is 0 Å². The van der Waals surface area contributed by atoms with Crippen LogP contribution in [0.4, 0.5) is 5.69 Å². The highest BCUT2D eigenvalue weighted by Gasteiger charge is 2.25. The molecule has 1 aliphatic rings. The van der Waals surface area contributed by atoms with Gasteiger partial charge in [-0.1, -0.05) is 0 Å². The van der Waals surface area contributed by atoms with Gasteiger partial charge in [0.1, 0.15) is 6.33 Å². The number of rotatable bonds is 7. The average molecular weight is 455 g/mol. The zero-order valence-corrected chi connectivity index (χ0v) is 18.1. The molecular weight excluding hydrogens is 432 g/mol. The number of piperidine rings is 1. The molecule has 1 aromatic heterocycles. The standard InChI is InChI=1S/C17H22N6O5S2/c1-21-11-19-20-17(21)29-15-4-3-13(9-14(15)23(25)26)16(24)18-10-12-5-7-22(8-6-12)30(2,27)28/h3-4,9,11-12H,5-8,10H2,1-2H3,(H,18,24). The number of nitrogens with zero attached hydrogens (tertiary/aromatic N) is 5. The number of aryl methyl sites for hydroxylation is 1. The van der Waals surface area contributed by atoms with Gasteiger partial charge in [-0.25, -0.2) is 12.7 Å². The van der Waals surface area contributed by atoms with E-state index >= 15 is 0 Å². The first-order valence-electron chi connectivity index (χ1n) is 9.18. The van der Waals surface area contributed by atoms with E-state index in [1.165, 1.54) is 35.1 Å². The Kier molecular flexibility index (Phi) is 6.73. The van der Waals surface area contributed by atoms with E-state index in [1.807, 2.05) is 0 Å². The molecule has 2 heterocycles. The van der Waals surface area contributed by atoms with Gasteiger partial charge in [0.15, 0.2) is 5.16 Å². The number of hydrogen-bond acceptors (Lipinski definition) is 8. The van der Waals surface area contributed by atoms with Crippen LogP contribution in [0.1, 0.15) is 23.2 Å². The minimum atomic E-state index is -3.19. The van der Waals surface area contributed by atoms with Crippen LogP contribution in [-0.2, 0) is 17.1 Å². The summed E-state index contributed by atoms with van der Waals surface area (Å²) in [6.07, 6.45) is 3.99. The number of carbonyl (C=O) groups is 1. The second kappa shape index (κ2) is 9.10. The lowest BCUT2D eigenvalue weighted by Gasteiger charge is -2.30. The van der Waals surface area contributed by atoms with E-state index < -0.39 is 20.9 Å². The van der Waals surface area contributed by atoms with Crippen LogP contribution in [0.25, 0.3) is 0 Å². The number of nitro benzene ring substituents is 1. The summed E-state index contributed by atoms with van der Waals surface area (Å²) in [5.41, 5.74) is 0.00898. The van der Waals surface area contributed by atoms with Crippen molar-refractivity contribution in [1.29, 1.82) is 0 Å². The molecule has 1 N–H and O–H groups in total. The summed E-state index contributed by atoms with van der Waals surface area (Å²) >= 11 is 1.10. The molecule has 1 fully saturated rings. The van der Waals surface area contributed by atoms with E-state index in [9.17, 15) is 23.3 Å². The number of sulfonamides is 1. The van der Waals surface area contributed by atoms with Crippen molar-refractivity contribution in [1.82, 2.24) is 24.4 Å². The van der Waals surface area contributed by atoms with E-state index in [-0.39, 0.29) is 17.2 Å². The number of nitrogens with one attached hydrogen (secondary N) is 1. The summed E-state index contributed by atoms with van der Waals surface area (Å²) in [5, 5.41) is 22.4. The van der Waals surface area contributed by atoms with E-state index in [2.05, 4.69) is 15.5 Å². The molecule has 13 heteroatoms. The Morgan fingerprint density at radius 2 is 2.07 bits per heavy atom. The van der Waals surface area contributed by atoms with Gasteiger partial charge >= 0.3 is 0 Å². The van der Waals surface area contributed by atoms with E-state index in [1.54, 1.807) is 11.6 Å². The predicted molar refractivity (Wildman–Crippen MR) is 110 cm³/mol. The summed E-state index contributed by atoms with van der Waals surface area (Å²) in [7, 11) is -1.46. The van der Waals surface area contributed by atoms with Crippen LogP contribution >= 0.6 is 11.8 Å². The Balaban J connectivity index is 1.63. The minimum Gasteiger partial charge on any atom is -0.352 e. The van der Waals surface area contributed by atoms with Crippen LogP contribution in [0.3, 0.4) is 0 Å². The van der Waals surface area contributed by atoms with Gasteiger partial charge < -0.3 is 9.88 Å². The van der Waals surface area contributed by atoms with Crippen LogP contribution in [0, 0.1) is 16.0 Å². The van der Waals surface area contributed by atoms with Crippen molar-refractivity contribution in [3.8, 4) is 0 Å². The van der Waals surface area contributed by atoms with Gasteiger partial charge in [-0.05, 0) is 42.7 Å². The third-order valence-corrected chi connectivity index (χ3v) is 7.30. The van der Waals surface area contributed by atoms with Crippen molar-refractivity contribution in [3.05, 3.63) is 40.2 Å². The lowest BCUT2D eigenvalue weighted by molar-refractivity contribution is -0.387. The van der Waals surface area contributed by atoms with Crippen molar-refractivity contribution in [2.45, 2.75) is 22.9 Å². The molecule has 162 valence electrons. The highest BCUT2D eigenvalue weighted by Crippen LogP contribution is 2.34. The van der Waals surface area contributed by atoms with E-state index in [4.69, 9.17) is 0 Å². The molecule has 1 amide bonds. The molecular formula is C17H22N6O5S2. The first-order valence-corrected chi connectivity index (χ1v) is 11.8. The van der Waals surface area contributed by atoms with Crippen LogP contribution in [0.15, 0.2) is 34.6 Å². The molecule has 0 bridgehead atoms. The Hall–Kier alpha value is -2.51. The second-order valence-electron chi connectivity index (χ2n) is 7.08. The summed E-state index contributed by atoms with van der Waals surface area (Å²) in [4.78, 5) is 23.8. The minimum absolute atomic E-state index is 0.160. The Labute approximate surface area is 178 Å². The maximum Gasteiger partial charge on any atom is 0.284 e. The van der Waals surface area contributed by atoms with Gasteiger partial charge in [0.05, 0.1) is 16.1 Å². The van der Waals surface area contributed by atoms with Gasteiger partial charge in [-0.3, -0.25) is 14.9 Å². The second-order valence-corrected chi connectivity index (χ2v) is 10.1. The normalized spacial score (nSPS) is 15.8. The Morgan fingerprint density at radius 1 is 1.37 bits per heavy atom. The molecule has 3 rings (SSSR count). The topological polar surface area (TPSA) is 140 Å². The maximum atomic E-state index is 12.5. The average Bonchev–Trinajstić information content (AvgIpc) is 3.10. The predicted octanol–water partition coefficient (Wildman–Crippen LogP) is 1.28. The Morgan fingerprint density at radius 3 is 2.63 bits per heavy atom. The Bertz CT molecular complexity index is 1050. The number of amides is 1. The van der Waals surface area contributed by atoms with Crippen molar-refractivity contribution in [2.75, 3.05) is 25.9 Å². The van der Waals surface area contributed by atoms with Crippen LogP contribution < -0.4 is 5.32 Å². The first-order chi connectivity index (χ1) is 14.1. The van der Waals surface area contributed by atoms with Crippen LogP contribution in [-0.4, -0.2) is 64.2 Å². The van der Waals surface area contributed by atoms with Gasteiger partial charge in [0, 0.05) is 38.3 Å². The number of nitro groups is 1. The fraction of sp³-hybridized carbons (Fsp3) is 0.471. The molecule has 0 aliphatic carbocycles. The monoisotopic (exact) mass is 454 g/mol. The zero-order valence-electron chi connectivity index (χ0n) is 16.5. The molecule has 0 spiro atoms. The van der Waals surface area contributed by atoms with Crippen molar-refractivity contribution in [3.63, 3.8) is 0 Å². The van der Waals surface area contributed by atoms with Gasteiger partial charge in [-0.2, -0.15) is 0 Å². The SMILES string of the molecule is Cn1cnnc1Sc1ccc(C(=O)NCC2CCN(S(C)(=O)=O)CC2)cc1[N+](=O)[O-]. The zero-order chi connectivity index (χ0) is 21.9. The fourth-order valence-corrected chi connectivity index (χ4v) is 4.86. The molecule has 2 aromatic rings. The van der Waals surface area contributed by atoms with Gasteiger partial charge in [0.2, 0.25) is 10.0 Å². The highest BCUT2D eigenvalue weighted by molar-refractivity contribution is 7.99. The lowest BCUT2D eigenvalue weighted by Crippen LogP contribution is -2.41. The van der Waals surface area contributed by atoms with Gasteiger partial charge in [-0.15, -0.1) is 10.2 Å². The number of aromatic nitrogens is 3. The highest BCUT2D eigenvalue weighted by atomic mass is 32.2. The molecule has 1 aromatic carbocycles. The number of hydrogen-bond donors (Lipinski definition) is 1. The molecule has 1 saturated heterocycles. The molecule has 30 heavy (non-hydrogen) atoms. The molecule has 0 radical (unpaired) electrons. The van der Waals surface area contributed by atoms with Gasteiger partial charge in [0.25, 0.3) is 11.6 Å². The third kappa shape index (κ3) is 5.34. The summed E-state index contributed by atoms with van der Waals surface area (Å²) in [6, 6.07) is 4.31. The smallest absolute Gasteiger partial charge is 0.284 e. The lowest BCUT2D eigenvalue weighted by atomic mass is 9.98. The molecule has 1 aliphatic heterocycles. The summed E-state index contributed by atoms with van der Waals surface area (Å²) in [5.74, 6) is -0.244. The van der Waals surface area contributed by atoms with Crippen molar-refractivity contribution in [2.24, 2.45) is 13.0 Å². The van der Waals surface area contributed by atoms with Crippen LogP contribution in [0.2, 0.25) is 0 Å². The first kappa shape index (κ1) is 22.2. The largest absolute Gasteiger partial charge is 0.352 e. The van der Waals surface area contributed by atoms with Crippen molar-refractivity contribution >= 4 is 33.4 Å². The van der Waals surface area contributed by atoms with Crippen molar-refractivity contribution < 1.29 is 18.1 Å². The van der Waals surface area contributed by atoms with E-state index in [0.29, 0.717) is 42.5 Å². The molecule has 0 atom stereocenters.